The van der Waals surface area contributed by atoms with Crippen LogP contribution in [0.5, 0.6) is 0 Å². The highest BCUT2D eigenvalue weighted by Crippen LogP contribution is 2.21. The summed E-state index contributed by atoms with van der Waals surface area (Å²) in [6.07, 6.45) is 1.71. The number of aromatic nitrogens is 4. The Labute approximate surface area is 165 Å². The molecule has 6 nitrogen and oxygen atoms in total. The molecular weight excluding hydrogens is 381 g/mol. The average molecular weight is 396 g/mol. The molecule has 0 fully saturated rings. The van der Waals surface area contributed by atoms with Crippen LogP contribution in [-0.2, 0) is 6.54 Å². The molecular formula is C20H15ClFN5O. The van der Waals surface area contributed by atoms with Gasteiger partial charge in [0, 0.05) is 18.1 Å². The quantitative estimate of drug-likeness (QED) is 0.569. The highest BCUT2D eigenvalue weighted by molar-refractivity contribution is 6.30. The van der Waals surface area contributed by atoms with Crippen LogP contribution in [0.15, 0.2) is 54.7 Å². The highest BCUT2D eigenvalue weighted by atomic mass is 35.5. The summed E-state index contributed by atoms with van der Waals surface area (Å²) >= 11 is 5.77. The van der Waals surface area contributed by atoms with Gasteiger partial charge in [-0.15, -0.1) is 5.10 Å². The number of rotatable bonds is 4. The van der Waals surface area contributed by atoms with Crippen molar-refractivity contribution in [2.75, 3.05) is 0 Å². The van der Waals surface area contributed by atoms with E-state index in [1.165, 1.54) is 12.1 Å². The van der Waals surface area contributed by atoms with Gasteiger partial charge in [0.05, 0.1) is 21.9 Å². The first-order chi connectivity index (χ1) is 13.5. The van der Waals surface area contributed by atoms with Gasteiger partial charge in [0.2, 0.25) is 0 Å². The van der Waals surface area contributed by atoms with Crippen molar-refractivity contribution in [2.45, 2.75) is 13.5 Å². The summed E-state index contributed by atoms with van der Waals surface area (Å²) in [6.45, 7) is 1.96. The van der Waals surface area contributed by atoms with E-state index < -0.39 is 5.82 Å². The molecule has 2 aromatic carbocycles. The van der Waals surface area contributed by atoms with E-state index in [4.69, 9.17) is 11.6 Å². The van der Waals surface area contributed by atoms with Crippen molar-refractivity contribution < 1.29 is 9.18 Å². The molecule has 0 aliphatic carbocycles. The Morgan fingerprint density at radius 2 is 2.04 bits per heavy atom. The molecule has 0 spiro atoms. The molecule has 1 N–H and O–H groups in total. The van der Waals surface area contributed by atoms with Gasteiger partial charge in [-0.2, -0.15) is 0 Å². The smallest absolute Gasteiger partial charge is 0.274 e. The maximum Gasteiger partial charge on any atom is 0.274 e. The van der Waals surface area contributed by atoms with E-state index in [9.17, 15) is 9.18 Å². The summed E-state index contributed by atoms with van der Waals surface area (Å²) < 4.78 is 14.8. The first kappa shape index (κ1) is 18.1. The van der Waals surface area contributed by atoms with E-state index >= 15 is 0 Å². The van der Waals surface area contributed by atoms with Crippen molar-refractivity contribution in [1.82, 2.24) is 25.3 Å². The van der Waals surface area contributed by atoms with Crippen molar-refractivity contribution >= 4 is 28.4 Å². The van der Waals surface area contributed by atoms with Crippen LogP contribution in [0.1, 0.15) is 21.7 Å². The lowest BCUT2D eigenvalue weighted by Gasteiger charge is -2.07. The van der Waals surface area contributed by atoms with Crippen LogP contribution in [0.3, 0.4) is 0 Å². The zero-order chi connectivity index (χ0) is 19.7. The summed E-state index contributed by atoms with van der Waals surface area (Å²) in [5.41, 5.74) is 3.00. The standard InChI is InChI=1S/C20H15ClFN5O/c1-12-18(20(28)24-11-13-7-8-16(22)15(21)10-13)25-26-27(12)17-6-2-4-14-5-3-9-23-19(14)17/h2-10H,11H2,1H3,(H,24,28). The monoisotopic (exact) mass is 395 g/mol. The molecule has 0 radical (unpaired) electrons. The minimum atomic E-state index is -0.501. The summed E-state index contributed by atoms with van der Waals surface area (Å²) in [4.78, 5) is 17.0. The number of hydrogen-bond acceptors (Lipinski definition) is 4. The first-order valence-electron chi connectivity index (χ1n) is 8.53. The predicted octanol–water partition coefficient (Wildman–Crippen LogP) is 3.85. The molecule has 4 rings (SSSR count). The van der Waals surface area contributed by atoms with Gasteiger partial charge in [0.1, 0.15) is 5.82 Å². The van der Waals surface area contributed by atoms with Crippen LogP contribution < -0.4 is 5.32 Å². The fourth-order valence-corrected chi connectivity index (χ4v) is 3.15. The van der Waals surface area contributed by atoms with Gasteiger partial charge < -0.3 is 5.32 Å². The molecule has 28 heavy (non-hydrogen) atoms. The topological polar surface area (TPSA) is 72.7 Å². The number of nitrogens with one attached hydrogen (secondary N) is 1. The fourth-order valence-electron chi connectivity index (χ4n) is 2.94. The number of para-hydroxylation sites is 1. The second kappa shape index (κ2) is 7.36. The van der Waals surface area contributed by atoms with E-state index in [1.54, 1.807) is 23.9 Å². The molecule has 0 aliphatic heterocycles. The number of fused-ring (bicyclic) bond motifs is 1. The number of carbonyl (C=O) groups is 1. The lowest BCUT2D eigenvalue weighted by atomic mass is 10.2. The average Bonchev–Trinajstić information content (AvgIpc) is 3.09. The van der Waals surface area contributed by atoms with Gasteiger partial charge in [-0.05, 0) is 36.8 Å². The summed E-state index contributed by atoms with van der Waals surface area (Å²) in [5.74, 6) is -0.878. The van der Waals surface area contributed by atoms with Gasteiger partial charge in [0.15, 0.2) is 5.69 Å². The molecule has 2 aromatic heterocycles. The number of nitrogens with zero attached hydrogens (tertiary/aromatic N) is 4. The summed E-state index contributed by atoms with van der Waals surface area (Å²) in [7, 11) is 0. The van der Waals surface area contributed by atoms with Gasteiger partial charge in [0.25, 0.3) is 5.91 Å². The van der Waals surface area contributed by atoms with E-state index in [1.807, 2.05) is 30.3 Å². The number of pyridine rings is 1. The zero-order valence-corrected chi connectivity index (χ0v) is 15.6. The van der Waals surface area contributed by atoms with Crippen LogP contribution in [0.4, 0.5) is 4.39 Å². The molecule has 140 valence electrons. The lowest BCUT2D eigenvalue weighted by molar-refractivity contribution is 0.0945. The Morgan fingerprint density at radius 1 is 1.21 bits per heavy atom. The second-order valence-electron chi connectivity index (χ2n) is 6.22. The largest absolute Gasteiger partial charge is 0.347 e. The highest BCUT2D eigenvalue weighted by Gasteiger charge is 2.18. The fraction of sp³-hybridized carbons (Fsp3) is 0.100. The molecule has 2 heterocycles. The Bertz CT molecular complexity index is 1190. The lowest BCUT2D eigenvalue weighted by Crippen LogP contribution is -2.24. The van der Waals surface area contributed by atoms with E-state index in [0.717, 1.165) is 16.6 Å². The zero-order valence-electron chi connectivity index (χ0n) is 14.9. The van der Waals surface area contributed by atoms with Crippen molar-refractivity contribution in [2.24, 2.45) is 0 Å². The van der Waals surface area contributed by atoms with Crippen molar-refractivity contribution in [3.63, 3.8) is 0 Å². The van der Waals surface area contributed by atoms with Crippen LogP contribution in [0.25, 0.3) is 16.6 Å². The first-order valence-corrected chi connectivity index (χ1v) is 8.91. The Hall–Kier alpha value is -3.32. The maximum absolute atomic E-state index is 13.2. The molecule has 8 heteroatoms. The molecule has 4 aromatic rings. The Balaban J connectivity index is 1.59. The number of amides is 1. The van der Waals surface area contributed by atoms with Crippen molar-refractivity contribution in [1.29, 1.82) is 0 Å². The third-order valence-corrected chi connectivity index (χ3v) is 4.68. The minimum Gasteiger partial charge on any atom is -0.347 e. The number of halogens is 2. The molecule has 0 atom stereocenters. The van der Waals surface area contributed by atoms with Crippen molar-refractivity contribution in [3.05, 3.63) is 82.5 Å². The Kier molecular flexibility index (Phi) is 4.75. The predicted molar refractivity (Wildman–Crippen MR) is 104 cm³/mol. The number of benzene rings is 2. The molecule has 0 unspecified atom stereocenters. The van der Waals surface area contributed by atoms with Crippen molar-refractivity contribution in [3.8, 4) is 5.69 Å². The van der Waals surface area contributed by atoms with E-state index in [2.05, 4.69) is 20.6 Å². The van der Waals surface area contributed by atoms with Crippen LogP contribution >= 0.6 is 11.6 Å². The van der Waals surface area contributed by atoms with Gasteiger partial charge in [-0.3, -0.25) is 9.78 Å². The molecule has 1 amide bonds. The van der Waals surface area contributed by atoms with E-state index in [0.29, 0.717) is 11.3 Å². The van der Waals surface area contributed by atoms with Gasteiger partial charge in [-0.1, -0.05) is 41.1 Å². The number of hydrogen-bond donors (Lipinski definition) is 1. The van der Waals surface area contributed by atoms with Gasteiger partial charge >= 0.3 is 0 Å². The summed E-state index contributed by atoms with van der Waals surface area (Å²) in [6, 6.07) is 13.9. The second-order valence-corrected chi connectivity index (χ2v) is 6.63. The van der Waals surface area contributed by atoms with Crippen LogP contribution in [0, 0.1) is 12.7 Å². The summed E-state index contributed by atoms with van der Waals surface area (Å²) in [5, 5.41) is 11.9. The maximum atomic E-state index is 13.2. The van der Waals surface area contributed by atoms with Crippen LogP contribution in [-0.4, -0.2) is 25.9 Å². The molecule has 0 saturated carbocycles. The molecule has 0 bridgehead atoms. The van der Waals surface area contributed by atoms with Crippen LogP contribution in [0.2, 0.25) is 5.02 Å². The third kappa shape index (κ3) is 3.32. The third-order valence-electron chi connectivity index (χ3n) is 4.39. The molecule has 0 saturated heterocycles. The SMILES string of the molecule is Cc1c(C(=O)NCc2ccc(F)c(Cl)c2)nnn1-c1cccc2cccnc12. The van der Waals surface area contributed by atoms with E-state index in [-0.39, 0.29) is 23.2 Å². The Morgan fingerprint density at radius 3 is 2.86 bits per heavy atom. The van der Waals surface area contributed by atoms with Gasteiger partial charge in [-0.25, -0.2) is 9.07 Å². The normalized spacial score (nSPS) is 11.0. The number of carbonyl (C=O) groups excluding carboxylic acids is 1. The minimum absolute atomic E-state index is 0.0114. The molecule has 0 aliphatic rings.